The first-order valence-corrected chi connectivity index (χ1v) is 26.3. The van der Waals surface area contributed by atoms with Crippen molar-refractivity contribution in [3.05, 3.63) is 91.0 Å². The van der Waals surface area contributed by atoms with Gasteiger partial charge in [0.1, 0.15) is 48.6 Å². The van der Waals surface area contributed by atoms with E-state index in [1.807, 2.05) is 55.5 Å². The lowest BCUT2D eigenvalue weighted by atomic mass is 9.95. The second-order valence-corrected chi connectivity index (χ2v) is 20.8. The Balaban J connectivity index is 1.02. The summed E-state index contributed by atoms with van der Waals surface area (Å²) in [6.07, 6.45) is -16.2. The summed E-state index contributed by atoms with van der Waals surface area (Å²) in [5.74, 6) is -3.53. The van der Waals surface area contributed by atoms with Gasteiger partial charge >= 0.3 is 38.4 Å². The van der Waals surface area contributed by atoms with Gasteiger partial charge in [-0.25, -0.2) is 33.0 Å². The molecule has 73 heavy (non-hydrogen) atoms. The topological polar surface area (TPSA) is 328 Å². The van der Waals surface area contributed by atoms with Gasteiger partial charge in [-0.3, -0.25) is 23.5 Å². The average Bonchev–Trinajstić information content (AvgIpc) is 3.90. The van der Waals surface area contributed by atoms with Crippen molar-refractivity contribution < 1.29 is 94.6 Å². The lowest BCUT2D eigenvalue weighted by Crippen LogP contribution is -2.64. The summed E-state index contributed by atoms with van der Waals surface area (Å²) in [5.41, 5.74) is 9.65. The van der Waals surface area contributed by atoms with Crippen molar-refractivity contribution in [2.45, 2.75) is 95.5 Å². The fraction of sp³-hybridized carbons (Fsp3) is 0.400. The molecule has 28 heteroatoms. The van der Waals surface area contributed by atoms with Crippen LogP contribution in [0.2, 0.25) is 0 Å². The first-order valence-electron chi connectivity index (χ1n) is 22.2. The number of imidazole rings is 1. The number of carbonyl (C=O) groups is 4. The minimum absolute atomic E-state index is 0.00536. The van der Waals surface area contributed by atoms with Gasteiger partial charge in [-0.05, 0) is 64.7 Å². The predicted octanol–water partition coefficient (Wildman–Crippen LogP) is 4.23. The predicted molar refractivity (Wildman–Crippen MR) is 254 cm³/mol. The third-order valence-electron chi connectivity index (χ3n) is 11.0. The zero-order valence-electron chi connectivity index (χ0n) is 39.1. The van der Waals surface area contributed by atoms with E-state index in [1.165, 1.54) is 23.0 Å². The normalized spacial score (nSPS) is 24.9. The van der Waals surface area contributed by atoms with E-state index in [0.29, 0.717) is 6.61 Å². The number of ether oxygens (including phenoxy) is 7. The Morgan fingerprint density at radius 2 is 1.37 bits per heavy atom. The van der Waals surface area contributed by atoms with Crippen molar-refractivity contribution in [3.63, 3.8) is 0 Å². The van der Waals surface area contributed by atoms with E-state index in [2.05, 4.69) is 15.0 Å². The summed E-state index contributed by atoms with van der Waals surface area (Å²) in [4.78, 5) is 84.2. The molecule has 7 rings (SSSR count). The van der Waals surface area contributed by atoms with E-state index >= 15 is 4.39 Å². The lowest BCUT2D eigenvalue weighted by molar-refractivity contribution is -0.296. The van der Waals surface area contributed by atoms with Crippen molar-refractivity contribution in [1.29, 1.82) is 0 Å². The molecule has 0 spiro atoms. The number of rotatable bonds is 20. The summed E-state index contributed by atoms with van der Waals surface area (Å²) in [6.45, 7) is -1.60. The maximum atomic E-state index is 16.5. The van der Waals surface area contributed by atoms with Crippen LogP contribution in [0.3, 0.4) is 0 Å². The number of aromatic nitrogens is 4. The molecule has 0 bridgehead atoms. The number of halogens is 1. The summed E-state index contributed by atoms with van der Waals surface area (Å²) < 4.78 is 84.5. The van der Waals surface area contributed by atoms with Crippen molar-refractivity contribution in [2.24, 2.45) is 0 Å². The van der Waals surface area contributed by atoms with Gasteiger partial charge in [0.25, 0.3) is 0 Å². The maximum Gasteiger partial charge on any atom is 0.481 e. The van der Waals surface area contributed by atoms with E-state index in [-0.39, 0.29) is 22.5 Å². The van der Waals surface area contributed by atoms with Crippen LogP contribution in [-0.4, -0.2) is 138 Å². The molecule has 2 fully saturated rings. The molecule has 0 aliphatic carbocycles. The van der Waals surface area contributed by atoms with Gasteiger partial charge < -0.3 is 63.4 Å². The van der Waals surface area contributed by atoms with Crippen LogP contribution < -0.4 is 10.5 Å². The molecule has 0 radical (unpaired) electrons. The van der Waals surface area contributed by atoms with E-state index < -0.39 is 113 Å². The molecule has 4 heterocycles. The Bertz CT molecular complexity index is 2870. The van der Waals surface area contributed by atoms with Crippen LogP contribution in [-0.2, 0) is 72.5 Å². The molecular formula is C45H50FN5O19P2S. The summed E-state index contributed by atoms with van der Waals surface area (Å²) in [6, 6.07) is 21.6. The highest BCUT2D eigenvalue weighted by atomic mass is 32.5. The van der Waals surface area contributed by atoms with Crippen LogP contribution >= 0.6 is 14.5 Å². The molecule has 392 valence electrons. The second kappa shape index (κ2) is 23.6. The number of anilines is 1. The summed E-state index contributed by atoms with van der Waals surface area (Å²) in [5, 5.41) is 21.6. The molecule has 2 saturated heterocycles. The highest BCUT2D eigenvalue weighted by Gasteiger charge is 2.57. The quantitative estimate of drug-likeness (QED) is 0.0413. The zero-order chi connectivity index (χ0) is 52.8. The molecule has 12 atom stereocenters. The van der Waals surface area contributed by atoms with Crippen molar-refractivity contribution >= 4 is 67.2 Å². The standard InChI is InChI=1S/C45H50FN5O19P2S/c1-5-18-61-31-16-14-29(15-17-31)27-8-6-26(7-9-27)28-10-12-30(13-11-28)44(57)62-19-32(46)37-38(64-23(2)52)39(65-24(3)53)40(66-25(4)54)45(68-37)69-71(58,59)70-72(60,73)63-20-33-35(55)36(56)43(67-33)51-22-50-34-41(47)48-21-49-42(34)51/h6-17,21-22,32-33,35-40,43,45,55-56H,5,18-20H2,1-4H3,(H,58,59)(H,60,73)(H2,47,48,49)/t32-,33+,35?,36?,37?,38+,39?,40?,43+,45-,72?/m0/s1. The SMILES string of the molecule is CCCOc1ccc(-c2ccc(-c3ccc(C(=O)OC[C@H](F)C4O[C@@H](OP(=O)(O)OP(O)(=S)OC[C@H]5O[C@@H](n6cnc7c(N)ncnc76)C(O)C5O)C(OC(C)=O)C(OC(C)=O)[C@@H]4OC(C)=O)cc3)cc2)cc1. The number of carbonyl (C=O) groups excluding carboxylic acids is 4. The number of benzene rings is 3. The molecule has 2 aliphatic rings. The number of phosphoric ester groups is 1. The highest BCUT2D eigenvalue weighted by molar-refractivity contribution is 8.08. The number of esters is 4. The fourth-order valence-corrected chi connectivity index (χ4v) is 10.9. The van der Waals surface area contributed by atoms with Crippen LogP contribution in [0.5, 0.6) is 5.75 Å². The minimum Gasteiger partial charge on any atom is -0.494 e. The number of hydrogen-bond donors (Lipinski definition) is 5. The van der Waals surface area contributed by atoms with Gasteiger partial charge in [-0.2, -0.15) is 0 Å². The molecule has 2 aromatic heterocycles. The van der Waals surface area contributed by atoms with Crippen LogP contribution in [0, 0.1) is 0 Å². The van der Waals surface area contributed by atoms with Gasteiger partial charge in [0.15, 0.2) is 42.2 Å². The maximum absolute atomic E-state index is 16.5. The van der Waals surface area contributed by atoms with Gasteiger partial charge in [-0.1, -0.05) is 55.5 Å². The number of nitrogens with zero attached hydrogens (tertiary/aromatic N) is 4. The molecule has 5 aromatic rings. The van der Waals surface area contributed by atoms with E-state index in [4.69, 9.17) is 64.1 Å². The van der Waals surface area contributed by atoms with Crippen molar-refractivity contribution in [1.82, 2.24) is 19.5 Å². The summed E-state index contributed by atoms with van der Waals surface area (Å²) >= 11 is 4.92. The molecule has 0 amide bonds. The smallest absolute Gasteiger partial charge is 0.481 e. The van der Waals surface area contributed by atoms with Crippen LogP contribution in [0.1, 0.15) is 50.7 Å². The first-order chi connectivity index (χ1) is 34.6. The number of phosphoric acid groups is 1. The van der Waals surface area contributed by atoms with Crippen molar-refractivity contribution in [2.75, 3.05) is 25.6 Å². The number of aliphatic hydroxyl groups is 2. The highest BCUT2D eigenvalue weighted by Crippen LogP contribution is 2.62. The van der Waals surface area contributed by atoms with Gasteiger partial charge in [-0.15, -0.1) is 0 Å². The Morgan fingerprint density at radius 1 is 0.808 bits per heavy atom. The molecule has 7 unspecified atom stereocenters. The second-order valence-electron chi connectivity index (χ2n) is 16.4. The number of nitrogen functional groups attached to an aromatic ring is 1. The summed E-state index contributed by atoms with van der Waals surface area (Å²) in [7, 11) is -5.82. The Kier molecular flexibility index (Phi) is 17.7. The largest absolute Gasteiger partial charge is 0.494 e. The molecule has 2 aliphatic heterocycles. The zero-order valence-corrected chi connectivity index (χ0v) is 41.7. The number of aliphatic hydroxyl groups excluding tert-OH is 2. The minimum atomic E-state index is -5.82. The fourth-order valence-electron chi connectivity index (χ4n) is 7.76. The number of nitrogens with two attached hydrogens (primary N) is 1. The molecule has 3 aromatic carbocycles. The molecule has 24 nitrogen and oxygen atoms in total. The van der Waals surface area contributed by atoms with E-state index in [9.17, 15) is 43.7 Å². The Labute approximate surface area is 420 Å². The first kappa shape index (κ1) is 54.9. The lowest BCUT2D eigenvalue weighted by Gasteiger charge is -2.45. The third kappa shape index (κ3) is 13.7. The van der Waals surface area contributed by atoms with Crippen LogP contribution in [0.4, 0.5) is 10.2 Å². The third-order valence-corrected chi connectivity index (χ3v) is 14.5. The van der Waals surface area contributed by atoms with Crippen LogP contribution in [0.25, 0.3) is 33.4 Å². The Hall–Kier alpha value is -5.86. The number of hydrogen-bond acceptors (Lipinski definition) is 22. The average molecular weight is 1080 g/mol. The number of alkyl halides is 1. The van der Waals surface area contributed by atoms with E-state index in [1.54, 1.807) is 12.1 Å². The monoisotopic (exact) mass is 1080 g/mol. The van der Waals surface area contributed by atoms with Gasteiger partial charge in [0, 0.05) is 20.8 Å². The van der Waals surface area contributed by atoms with Gasteiger partial charge in [0.05, 0.1) is 25.1 Å². The van der Waals surface area contributed by atoms with Crippen molar-refractivity contribution in [3.8, 4) is 28.0 Å². The Morgan fingerprint density at radius 3 is 1.96 bits per heavy atom. The van der Waals surface area contributed by atoms with E-state index in [0.717, 1.165) is 61.5 Å². The molecule has 6 N–H and O–H groups in total. The number of fused-ring (bicyclic) bond motifs is 1. The molecular weight excluding hydrogens is 1030 g/mol. The van der Waals surface area contributed by atoms with Crippen LogP contribution in [0.15, 0.2) is 85.5 Å². The molecule has 0 saturated carbocycles. The van der Waals surface area contributed by atoms with Gasteiger partial charge in [0.2, 0.25) is 6.29 Å².